The van der Waals surface area contributed by atoms with Crippen molar-refractivity contribution >= 4 is 99.5 Å². The van der Waals surface area contributed by atoms with E-state index in [-0.39, 0.29) is 10.8 Å². The van der Waals surface area contributed by atoms with Crippen LogP contribution in [0, 0.1) is 11.3 Å². The standard InChI is InChI=1S/C59H47N3O2/c1-58(2,3)50-21-13-15-23-52(50)61(41-17-9-7-10-18-41)43-27-25-37-31-45-47-35-48-46-32-38-26-28-44(62(42-19-11-8-12-20-42)53-24-16-14-22-51(53)59(4,5)6)30-40(38)34-55(46)64-57(48)49(36-60)56(47)63-54(45)33-39(37)29-43/h7-35H,1-6H3. The van der Waals surface area contributed by atoms with Crippen LogP contribution >= 0.6 is 0 Å². The van der Waals surface area contributed by atoms with E-state index in [9.17, 15) is 5.26 Å². The first-order chi connectivity index (χ1) is 30.9. The molecule has 0 aliphatic rings. The second-order valence-corrected chi connectivity index (χ2v) is 19.0. The molecule has 0 radical (unpaired) electrons. The molecule has 64 heavy (non-hydrogen) atoms. The molecule has 0 spiro atoms. The normalized spacial score (nSPS) is 12.2. The third-order valence-electron chi connectivity index (χ3n) is 12.6. The summed E-state index contributed by atoms with van der Waals surface area (Å²) in [5.74, 6) is 0. The number of furan rings is 2. The fraction of sp³-hybridized carbons (Fsp3) is 0.136. The molecular formula is C59H47N3O2. The van der Waals surface area contributed by atoms with Crippen LogP contribution in [0.15, 0.2) is 185 Å². The summed E-state index contributed by atoms with van der Waals surface area (Å²) >= 11 is 0. The van der Waals surface area contributed by atoms with Crippen molar-refractivity contribution in [2.75, 3.05) is 9.80 Å². The van der Waals surface area contributed by atoms with Crippen molar-refractivity contribution in [3.05, 3.63) is 193 Å². The Labute approximate surface area is 373 Å². The fourth-order valence-electron chi connectivity index (χ4n) is 9.59. The molecular weight excluding hydrogens is 783 g/mol. The van der Waals surface area contributed by atoms with E-state index in [1.54, 1.807) is 0 Å². The maximum Gasteiger partial charge on any atom is 0.157 e. The Hall–Kier alpha value is -7.81. The maximum absolute atomic E-state index is 10.8. The molecule has 5 nitrogen and oxygen atoms in total. The van der Waals surface area contributed by atoms with E-state index in [1.165, 1.54) is 11.1 Å². The number of benzene rings is 9. The zero-order chi connectivity index (χ0) is 43.9. The molecule has 0 atom stereocenters. The van der Waals surface area contributed by atoms with Crippen LogP contribution in [0.25, 0.3) is 65.4 Å². The van der Waals surface area contributed by atoms with Crippen LogP contribution in [0.4, 0.5) is 34.1 Å². The summed E-state index contributed by atoms with van der Waals surface area (Å²) < 4.78 is 13.3. The Morgan fingerprint density at radius 3 is 1.20 bits per heavy atom. The summed E-state index contributed by atoms with van der Waals surface area (Å²) in [6.45, 7) is 13.6. The molecule has 0 N–H and O–H groups in total. The number of para-hydroxylation sites is 4. The minimum absolute atomic E-state index is 0.0652. The topological polar surface area (TPSA) is 56.6 Å². The van der Waals surface area contributed by atoms with Crippen molar-refractivity contribution in [1.29, 1.82) is 5.26 Å². The number of nitrogens with zero attached hydrogens (tertiary/aromatic N) is 3. The van der Waals surface area contributed by atoms with Gasteiger partial charge in [-0.15, -0.1) is 0 Å². The predicted molar refractivity (Wildman–Crippen MR) is 267 cm³/mol. The molecule has 0 amide bonds. The summed E-state index contributed by atoms with van der Waals surface area (Å²) in [5, 5.41) is 18.7. The van der Waals surface area contributed by atoms with Gasteiger partial charge in [0.25, 0.3) is 0 Å². The van der Waals surface area contributed by atoms with E-state index >= 15 is 0 Å². The summed E-state index contributed by atoms with van der Waals surface area (Å²) in [7, 11) is 0. The monoisotopic (exact) mass is 829 g/mol. The summed E-state index contributed by atoms with van der Waals surface area (Å²) in [6, 6.07) is 64.8. The first-order valence-electron chi connectivity index (χ1n) is 22.0. The Morgan fingerprint density at radius 2 is 0.797 bits per heavy atom. The van der Waals surface area contributed by atoms with Crippen molar-refractivity contribution in [2.45, 2.75) is 52.4 Å². The highest BCUT2D eigenvalue weighted by molar-refractivity contribution is 6.20. The molecule has 0 bridgehead atoms. The summed E-state index contributed by atoms with van der Waals surface area (Å²) in [5.41, 5.74) is 11.9. The molecule has 2 aromatic heterocycles. The van der Waals surface area contributed by atoms with E-state index in [0.29, 0.717) is 16.7 Å². The Kier molecular flexibility index (Phi) is 8.94. The predicted octanol–water partition coefficient (Wildman–Crippen LogP) is 17.2. The minimum atomic E-state index is -0.0652. The highest BCUT2D eigenvalue weighted by Gasteiger charge is 2.26. The van der Waals surface area contributed by atoms with Crippen molar-refractivity contribution in [2.24, 2.45) is 0 Å². The van der Waals surface area contributed by atoms with E-state index in [2.05, 4.69) is 233 Å². The molecule has 0 aliphatic carbocycles. The van der Waals surface area contributed by atoms with Crippen LogP contribution in [-0.2, 0) is 10.8 Å². The van der Waals surface area contributed by atoms with E-state index in [0.717, 1.165) is 88.4 Å². The number of rotatable bonds is 6. The van der Waals surface area contributed by atoms with Crippen LogP contribution in [-0.4, -0.2) is 0 Å². The Bertz CT molecular complexity index is 3420. The smallest absolute Gasteiger partial charge is 0.157 e. The maximum atomic E-state index is 10.8. The quantitative estimate of drug-likeness (QED) is 0.167. The van der Waals surface area contributed by atoms with Gasteiger partial charge in [-0.3, -0.25) is 0 Å². The van der Waals surface area contributed by atoms with Gasteiger partial charge >= 0.3 is 0 Å². The van der Waals surface area contributed by atoms with Gasteiger partial charge in [0.05, 0.1) is 0 Å². The molecule has 0 saturated carbocycles. The highest BCUT2D eigenvalue weighted by Crippen LogP contribution is 2.46. The van der Waals surface area contributed by atoms with Gasteiger partial charge in [0.15, 0.2) is 11.2 Å². The summed E-state index contributed by atoms with van der Waals surface area (Å²) in [4.78, 5) is 4.68. The second-order valence-electron chi connectivity index (χ2n) is 19.0. The van der Waals surface area contributed by atoms with E-state index < -0.39 is 0 Å². The Balaban J connectivity index is 1.04. The van der Waals surface area contributed by atoms with E-state index in [1.807, 2.05) is 0 Å². The van der Waals surface area contributed by atoms with Gasteiger partial charge in [-0.05, 0) is 134 Å². The second kappa shape index (κ2) is 14.6. The average molecular weight is 830 g/mol. The largest absolute Gasteiger partial charge is 0.454 e. The number of hydrogen-bond donors (Lipinski definition) is 0. The third kappa shape index (κ3) is 6.45. The molecule has 11 aromatic rings. The fourth-order valence-corrected chi connectivity index (χ4v) is 9.59. The van der Waals surface area contributed by atoms with Gasteiger partial charge in [0.1, 0.15) is 22.8 Å². The SMILES string of the molecule is CC(C)(C)c1ccccc1N(c1ccccc1)c1ccc2cc3c(cc2c1)oc1c(C#N)c2oc4cc5cc(N(c6ccccc6)c6ccccc6C(C)(C)C)ccc5cc4c2cc13. The zero-order valence-electron chi connectivity index (χ0n) is 36.9. The van der Waals surface area contributed by atoms with Crippen LogP contribution in [0.3, 0.4) is 0 Å². The number of fused-ring (bicyclic) bond motifs is 8. The van der Waals surface area contributed by atoms with Gasteiger partial charge in [-0.2, -0.15) is 5.26 Å². The lowest BCUT2D eigenvalue weighted by atomic mass is 9.85. The summed E-state index contributed by atoms with van der Waals surface area (Å²) in [6.07, 6.45) is 0. The van der Waals surface area contributed by atoms with E-state index in [4.69, 9.17) is 8.83 Å². The average Bonchev–Trinajstić information content (AvgIpc) is 3.83. The molecule has 9 aromatic carbocycles. The lowest BCUT2D eigenvalue weighted by Gasteiger charge is -2.32. The van der Waals surface area contributed by atoms with Crippen molar-refractivity contribution < 1.29 is 8.83 Å². The van der Waals surface area contributed by atoms with Crippen molar-refractivity contribution in [3.8, 4) is 6.07 Å². The Morgan fingerprint density at radius 1 is 0.391 bits per heavy atom. The lowest BCUT2D eigenvalue weighted by molar-refractivity contribution is 0.590. The van der Waals surface area contributed by atoms with Crippen LogP contribution in [0.1, 0.15) is 58.2 Å². The van der Waals surface area contributed by atoms with Gasteiger partial charge in [-0.25, -0.2) is 0 Å². The lowest BCUT2D eigenvalue weighted by Crippen LogP contribution is -2.19. The molecule has 5 heteroatoms. The van der Waals surface area contributed by atoms with Gasteiger partial charge < -0.3 is 18.6 Å². The first kappa shape index (κ1) is 39.1. The minimum Gasteiger partial charge on any atom is -0.454 e. The number of hydrogen-bond acceptors (Lipinski definition) is 5. The molecule has 0 saturated heterocycles. The van der Waals surface area contributed by atoms with Gasteiger partial charge in [0, 0.05) is 55.7 Å². The zero-order valence-corrected chi connectivity index (χ0v) is 36.9. The van der Waals surface area contributed by atoms with Gasteiger partial charge in [-0.1, -0.05) is 126 Å². The third-order valence-corrected chi connectivity index (χ3v) is 12.6. The molecule has 0 fully saturated rings. The molecule has 2 heterocycles. The van der Waals surface area contributed by atoms with Crippen molar-refractivity contribution in [1.82, 2.24) is 0 Å². The number of nitriles is 1. The van der Waals surface area contributed by atoms with Crippen LogP contribution < -0.4 is 9.80 Å². The first-order valence-corrected chi connectivity index (χ1v) is 22.0. The molecule has 0 unspecified atom stereocenters. The van der Waals surface area contributed by atoms with Crippen LogP contribution in [0.2, 0.25) is 0 Å². The highest BCUT2D eigenvalue weighted by atomic mass is 16.3. The molecule has 11 rings (SSSR count). The van der Waals surface area contributed by atoms with Crippen LogP contribution in [0.5, 0.6) is 0 Å². The van der Waals surface area contributed by atoms with Gasteiger partial charge in [0.2, 0.25) is 0 Å². The van der Waals surface area contributed by atoms with Crippen molar-refractivity contribution in [3.63, 3.8) is 0 Å². The number of anilines is 6. The molecule has 0 aliphatic heterocycles. The molecule has 310 valence electrons.